The highest BCUT2D eigenvalue weighted by atomic mass is 16.6. The second kappa shape index (κ2) is 14.3. The molecule has 3 amide bonds. The van der Waals surface area contributed by atoms with E-state index in [1.165, 1.54) is 5.56 Å². The van der Waals surface area contributed by atoms with Crippen LogP contribution in [0.4, 0.5) is 16.2 Å². The van der Waals surface area contributed by atoms with E-state index in [2.05, 4.69) is 25.1 Å². The third-order valence-electron chi connectivity index (χ3n) is 11.2. The van der Waals surface area contributed by atoms with Crippen molar-refractivity contribution in [1.29, 1.82) is 5.26 Å². The van der Waals surface area contributed by atoms with Gasteiger partial charge >= 0.3 is 6.09 Å². The van der Waals surface area contributed by atoms with Gasteiger partial charge in [0, 0.05) is 61.6 Å². The van der Waals surface area contributed by atoms with Gasteiger partial charge in [-0.05, 0) is 113 Å². The number of fused-ring (bicyclic) bond motifs is 2. The van der Waals surface area contributed by atoms with Crippen LogP contribution < -0.4 is 4.90 Å². The number of benzene rings is 3. The van der Waals surface area contributed by atoms with Crippen LogP contribution in [0.3, 0.4) is 0 Å². The van der Waals surface area contributed by atoms with E-state index in [9.17, 15) is 19.6 Å². The largest absolute Gasteiger partial charge is 0.444 e. The Bertz CT molecular complexity index is 2360. The zero-order valence-corrected chi connectivity index (χ0v) is 32.9. The first-order valence-electron chi connectivity index (χ1n) is 18.8. The van der Waals surface area contributed by atoms with Crippen molar-refractivity contribution in [2.45, 2.75) is 78.6 Å². The van der Waals surface area contributed by atoms with E-state index in [0.717, 1.165) is 28.8 Å². The molecule has 7 rings (SSSR count). The van der Waals surface area contributed by atoms with Gasteiger partial charge in [0.1, 0.15) is 23.4 Å². The molecule has 0 fully saturated rings. The molecule has 0 radical (unpaired) electrons. The van der Waals surface area contributed by atoms with Gasteiger partial charge in [-0.25, -0.2) is 4.79 Å². The van der Waals surface area contributed by atoms with Gasteiger partial charge in [0.25, 0.3) is 11.8 Å². The van der Waals surface area contributed by atoms with E-state index in [0.29, 0.717) is 59.1 Å². The van der Waals surface area contributed by atoms with Crippen molar-refractivity contribution in [3.8, 4) is 6.07 Å². The lowest BCUT2D eigenvalue weighted by molar-refractivity contribution is 0.0172. The van der Waals surface area contributed by atoms with Crippen molar-refractivity contribution in [3.05, 3.63) is 141 Å². The molecule has 2 atom stereocenters. The predicted molar refractivity (Wildman–Crippen MR) is 212 cm³/mol. The Morgan fingerprint density at radius 1 is 0.836 bits per heavy atom. The number of anilines is 2. The van der Waals surface area contributed by atoms with Gasteiger partial charge in [-0.2, -0.15) is 5.26 Å². The van der Waals surface area contributed by atoms with Crippen molar-refractivity contribution < 1.29 is 19.1 Å². The monoisotopic (exact) mass is 736 g/mol. The minimum absolute atomic E-state index is 0.0154. The molecule has 10 heteroatoms. The number of ether oxygens (including phenoxy) is 1. The van der Waals surface area contributed by atoms with Gasteiger partial charge in [-0.15, -0.1) is 0 Å². The molecule has 0 bridgehead atoms. The van der Waals surface area contributed by atoms with Crippen LogP contribution in [0.1, 0.15) is 99.5 Å². The third-order valence-corrected chi connectivity index (χ3v) is 11.2. The summed E-state index contributed by atoms with van der Waals surface area (Å²) < 4.78 is 9.72. The summed E-state index contributed by atoms with van der Waals surface area (Å²) in [7, 11) is 3.71. The molecule has 3 aromatic carbocycles. The lowest BCUT2D eigenvalue weighted by atomic mass is 9.88. The first kappa shape index (κ1) is 37.2. The molecule has 10 nitrogen and oxygen atoms in total. The molecular formula is C45H48N6O4. The quantitative estimate of drug-likeness (QED) is 0.181. The first-order valence-corrected chi connectivity index (χ1v) is 18.8. The summed E-state index contributed by atoms with van der Waals surface area (Å²) in [6, 6.07) is 28.7. The second-order valence-electron chi connectivity index (χ2n) is 15.8. The highest BCUT2D eigenvalue weighted by Crippen LogP contribution is 2.40. The van der Waals surface area contributed by atoms with Crippen LogP contribution in [0.5, 0.6) is 0 Å². The standard InChI is InChI=1S/C45H48N6O4/c1-28-22-32-14-12-13-15-34(32)27-50(28)42(52)33-19-18-31-20-21-49(44(54)55-45(4,5)6)41(38(31)23-33)40-25-37(29(2)48(40)8)43(53)51(35-16-10-9-11-17-35)39-24-36(26-46)47(7)30(39)3/h9-19,23-25,28,41H,20-22,27H2,1-8H3/t28-,41?/m1/s1. The number of nitriles is 1. The van der Waals surface area contributed by atoms with Crippen molar-refractivity contribution in [2.24, 2.45) is 14.1 Å². The molecular weight excluding hydrogens is 689 g/mol. The van der Waals surface area contributed by atoms with Crippen LogP contribution in [-0.2, 0) is 38.2 Å². The molecule has 55 heavy (non-hydrogen) atoms. The smallest absolute Gasteiger partial charge is 0.411 e. The summed E-state index contributed by atoms with van der Waals surface area (Å²) in [5, 5.41) is 9.85. The lowest BCUT2D eigenvalue weighted by Crippen LogP contribution is -2.44. The lowest BCUT2D eigenvalue weighted by Gasteiger charge is -2.39. The van der Waals surface area contributed by atoms with E-state index in [4.69, 9.17) is 4.74 Å². The van der Waals surface area contributed by atoms with Crippen molar-refractivity contribution in [3.63, 3.8) is 0 Å². The highest BCUT2D eigenvalue weighted by Gasteiger charge is 2.39. The topological polar surface area (TPSA) is 104 Å². The summed E-state index contributed by atoms with van der Waals surface area (Å²) in [5.74, 6) is -0.336. The van der Waals surface area contributed by atoms with Gasteiger partial charge in [-0.3, -0.25) is 19.4 Å². The molecule has 0 aliphatic carbocycles. The highest BCUT2D eigenvalue weighted by molar-refractivity contribution is 6.12. The number of para-hydroxylation sites is 1. The van der Waals surface area contributed by atoms with Crippen LogP contribution in [0, 0.1) is 25.2 Å². The minimum Gasteiger partial charge on any atom is -0.444 e. The van der Waals surface area contributed by atoms with Crippen LogP contribution in [0.2, 0.25) is 0 Å². The molecule has 4 heterocycles. The van der Waals surface area contributed by atoms with Gasteiger partial charge in [0.2, 0.25) is 0 Å². The summed E-state index contributed by atoms with van der Waals surface area (Å²) in [5.41, 5.74) is 8.42. The summed E-state index contributed by atoms with van der Waals surface area (Å²) in [4.78, 5) is 48.6. The Morgan fingerprint density at radius 2 is 1.53 bits per heavy atom. The van der Waals surface area contributed by atoms with Crippen LogP contribution >= 0.6 is 0 Å². The fourth-order valence-corrected chi connectivity index (χ4v) is 7.98. The van der Waals surface area contributed by atoms with E-state index in [1.807, 2.05) is 125 Å². The molecule has 2 aliphatic heterocycles. The molecule has 282 valence electrons. The maximum atomic E-state index is 14.9. The maximum absolute atomic E-state index is 14.9. The maximum Gasteiger partial charge on any atom is 0.411 e. The normalized spacial score (nSPS) is 16.6. The fraction of sp³-hybridized carbons (Fsp3) is 0.333. The molecule has 0 saturated heterocycles. The van der Waals surface area contributed by atoms with Crippen molar-refractivity contribution >= 4 is 29.3 Å². The molecule has 0 N–H and O–H groups in total. The van der Waals surface area contributed by atoms with E-state index >= 15 is 0 Å². The van der Waals surface area contributed by atoms with Gasteiger partial charge in [0.05, 0.1) is 11.3 Å². The summed E-state index contributed by atoms with van der Waals surface area (Å²) >= 11 is 0. The van der Waals surface area contributed by atoms with Crippen LogP contribution in [0.25, 0.3) is 0 Å². The summed E-state index contributed by atoms with van der Waals surface area (Å²) in [6.45, 7) is 12.3. The Balaban J connectivity index is 1.34. The Hall–Kier alpha value is -6.08. The minimum atomic E-state index is -0.738. The fourth-order valence-electron chi connectivity index (χ4n) is 7.98. The predicted octanol–water partition coefficient (Wildman–Crippen LogP) is 8.30. The van der Waals surface area contributed by atoms with Gasteiger partial charge in [0.15, 0.2) is 0 Å². The molecule has 0 spiro atoms. The van der Waals surface area contributed by atoms with Gasteiger partial charge in [-0.1, -0.05) is 48.5 Å². The first-order chi connectivity index (χ1) is 26.2. The zero-order chi connectivity index (χ0) is 39.3. The number of hydrogen-bond acceptors (Lipinski definition) is 5. The molecule has 2 aromatic heterocycles. The Morgan fingerprint density at radius 3 is 2.20 bits per heavy atom. The van der Waals surface area contributed by atoms with Crippen LogP contribution in [-0.4, -0.2) is 55.0 Å². The Kier molecular flexibility index (Phi) is 9.68. The number of aromatic nitrogens is 2. The van der Waals surface area contributed by atoms with Gasteiger partial charge < -0.3 is 18.8 Å². The molecule has 0 saturated carbocycles. The third kappa shape index (κ3) is 6.80. The number of carbonyl (C=O) groups excluding carboxylic acids is 3. The van der Waals surface area contributed by atoms with Crippen molar-refractivity contribution in [2.75, 3.05) is 11.4 Å². The van der Waals surface area contributed by atoms with E-state index in [1.54, 1.807) is 20.4 Å². The van der Waals surface area contributed by atoms with Crippen molar-refractivity contribution in [1.82, 2.24) is 18.9 Å². The molecule has 5 aromatic rings. The number of hydrogen-bond donors (Lipinski definition) is 0. The number of nitrogens with zero attached hydrogens (tertiary/aromatic N) is 6. The zero-order valence-electron chi connectivity index (χ0n) is 32.9. The number of carbonyl (C=O) groups is 3. The Labute approximate surface area is 323 Å². The molecule has 2 aliphatic rings. The average molecular weight is 737 g/mol. The SMILES string of the molecule is Cc1c(N(C(=O)c2cc(C3c4cc(C(=O)N5Cc6ccccc6C[C@H]5C)ccc4CCN3C(=O)OC(C)(C)C)n(C)c2C)c2ccccc2)cc(C#N)n1C. The van der Waals surface area contributed by atoms with E-state index < -0.39 is 17.7 Å². The summed E-state index contributed by atoms with van der Waals surface area (Å²) in [6.07, 6.45) is 0.892. The second-order valence-corrected chi connectivity index (χ2v) is 15.8. The number of rotatable bonds is 5. The van der Waals surface area contributed by atoms with Crippen LogP contribution in [0.15, 0.2) is 84.9 Å². The average Bonchev–Trinajstić information content (AvgIpc) is 3.62. The number of amides is 3. The molecule has 1 unspecified atom stereocenters. The van der Waals surface area contributed by atoms with E-state index in [-0.39, 0.29) is 17.9 Å².